The van der Waals surface area contributed by atoms with E-state index in [9.17, 15) is 4.79 Å². The molecule has 1 unspecified atom stereocenters. The van der Waals surface area contributed by atoms with Gasteiger partial charge in [0.2, 0.25) is 0 Å². The predicted octanol–water partition coefficient (Wildman–Crippen LogP) is 2.72. The predicted molar refractivity (Wildman–Crippen MR) is 78.8 cm³/mol. The first-order chi connectivity index (χ1) is 9.20. The van der Waals surface area contributed by atoms with E-state index in [1.54, 1.807) is 31.4 Å². The van der Waals surface area contributed by atoms with Gasteiger partial charge in [-0.3, -0.25) is 4.79 Å². The lowest BCUT2D eigenvalue weighted by molar-refractivity contribution is -0.111. The van der Waals surface area contributed by atoms with Gasteiger partial charge < -0.3 is 15.2 Å². The average molecular weight is 292 g/mol. The lowest BCUT2D eigenvalue weighted by Crippen LogP contribution is -2.03. The number of benzene rings is 1. The van der Waals surface area contributed by atoms with Crippen LogP contribution in [0.25, 0.3) is 0 Å². The summed E-state index contributed by atoms with van der Waals surface area (Å²) in [6.45, 7) is 0. The Hall–Kier alpha value is -2.20. The van der Waals surface area contributed by atoms with Crippen LogP contribution in [0, 0.1) is 0 Å². The van der Waals surface area contributed by atoms with Crippen molar-refractivity contribution in [1.29, 1.82) is 0 Å². The van der Waals surface area contributed by atoms with Gasteiger partial charge in [0.05, 0.1) is 18.4 Å². The molecule has 0 saturated carbocycles. The number of methoxy groups -OCH3 is 1. The number of para-hydroxylation sites is 1. The van der Waals surface area contributed by atoms with Crippen molar-refractivity contribution in [2.75, 3.05) is 12.8 Å². The van der Waals surface area contributed by atoms with Gasteiger partial charge in [0.1, 0.15) is 17.6 Å². The summed E-state index contributed by atoms with van der Waals surface area (Å²) in [6.07, 6.45) is 6.44. The highest BCUT2D eigenvalue weighted by Gasteiger charge is 2.29. The zero-order chi connectivity index (χ0) is 13.4. The fraction of sp³-hybridized carbons (Fsp3) is 0.133. The number of anilines is 1. The van der Waals surface area contributed by atoms with E-state index < -0.39 is 0 Å². The normalized spacial score (nSPS) is 19.4. The van der Waals surface area contributed by atoms with Crippen molar-refractivity contribution in [3.8, 4) is 5.75 Å². The monoisotopic (exact) mass is 291 g/mol. The molecule has 1 atom stereocenters. The number of fused-ring (bicyclic) bond motifs is 1. The maximum Gasteiger partial charge on any atom is 0.189 e. The summed E-state index contributed by atoms with van der Waals surface area (Å²) in [5.41, 5.74) is 7.97. The molecule has 1 aliphatic carbocycles. The van der Waals surface area contributed by atoms with Crippen LogP contribution in [0.2, 0.25) is 0 Å². The molecule has 0 aromatic heterocycles. The number of ether oxygens (including phenoxy) is 2. The van der Waals surface area contributed by atoms with E-state index in [2.05, 4.69) is 0 Å². The number of carbonyl (C=O) groups is 1. The van der Waals surface area contributed by atoms with Gasteiger partial charge in [-0.2, -0.15) is 0 Å². The fourth-order valence-corrected chi connectivity index (χ4v) is 2.25. The maximum absolute atomic E-state index is 11.7. The third-order valence-electron chi connectivity index (χ3n) is 3.22. The molecule has 1 aromatic carbocycles. The van der Waals surface area contributed by atoms with Crippen LogP contribution in [-0.4, -0.2) is 12.9 Å². The van der Waals surface area contributed by atoms with Crippen LogP contribution < -0.4 is 10.5 Å². The van der Waals surface area contributed by atoms with Crippen LogP contribution in [0.5, 0.6) is 5.75 Å². The minimum Gasteiger partial charge on any atom is -0.495 e. The molecule has 4 nitrogen and oxygen atoms in total. The third kappa shape index (κ3) is 2.18. The van der Waals surface area contributed by atoms with Crippen molar-refractivity contribution in [2.45, 2.75) is 6.10 Å². The molecule has 1 aliphatic heterocycles. The molecular weight excluding hydrogens is 278 g/mol. The summed E-state index contributed by atoms with van der Waals surface area (Å²) in [5, 5.41) is 0. The van der Waals surface area contributed by atoms with Gasteiger partial charge in [-0.1, -0.05) is 18.2 Å². The van der Waals surface area contributed by atoms with E-state index >= 15 is 0 Å². The lowest BCUT2D eigenvalue weighted by atomic mass is 10.0. The summed E-state index contributed by atoms with van der Waals surface area (Å²) in [5.74, 6) is 1.16. The van der Waals surface area contributed by atoms with Gasteiger partial charge in [0.15, 0.2) is 5.78 Å². The summed E-state index contributed by atoms with van der Waals surface area (Å²) in [6, 6.07) is 5.51. The first-order valence-electron chi connectivity index (χ1n) is 5.94. The molecule has 20 heavy (non-hydrogen) atoms. The maximum atomic E-state index is 11.7. The summed E-state index contributed by atoms with van der Waals surface area (Å²) >= 11 is 0. The van der Waals surface area contributed by atoms with Crippen LogP contribution in [0.1, 0.15) is 11.7 Å². The molecule has 2 aliphatic rings. The number of hydrogen-bond donors (Lipinski definition) is 1. The van der Waals surface area contributed by atoms with Gasteiger partial charge >= 0.3 is 0 Å². The summed E-state index contributed by atoms with van der Waals surface area (Å²) < 4.78 is 11.0. The lowest BCUT2D eigenvalue weighted by Gasteiger charge is -2.15. The zero-order valence-electron chi connectivity index (χ0n) is 10.8. The molecule has 0 bridgehead atoms. The molecule has 1 aromatic rings. The Morgan fingerprint density at radius 3 is 2.85 bits per heavy atom. The molecule has 0 saturated heterocycles. The Morgan fingerprint density at radius 1 is 1.35 bits per heavy atom. The molecule has 1 heterocycles. The second-order valence-corrected chi connectivity index (χ2v) is 4.34. The molecule has 2 N–H and O–H groups in total. The molecule has 0 radical (unpaired) electrons. The van der Waals surface area contributed by atoms with E-state index in [4.69, 9.17) is 15.2 Å². The van der Waals surface area contributed by atoms with Crippen LogP contribution in [0.4, 0.5) is 5.69 Å². The number of halogens is 1. The van der Waals surface area contributed by atoms with Gasteiger partial charge in [0.25, 0.3) is 0 Å². The molecule has 0 amide bonds. The number of ketones is 1. The van der Waals surface area contributed by atoms with E-state index in [-0.39, 0.29) is 24.3 Å². The highest BCUT2D eigenvalue weighted by Crippen LogP contribution is 2.40. The van der Waals surface area contributed by atoms with Crippen molar-refractivity contribution >= 4 is 23.9 Å². The minimum atomic E-state index is -0.347. The van der Waals surface area contributed by atoms with Crippen molar-refractivity contribution in [3.05, 3.63) is 59.4 Å². The second kappa shape index (κ2) is 5.43. The Balaban J connectivity index is 0.00000147. The van der Waals surface area contributed by atoms with Crippen molar-refractivity contribution < 1.29 is 14.3 Å². The minimum absolute atomic E-state index is 0. The number of carbonyl (C=O) groups excluding carboxylic acids is 1. The Kier molecular flexibility index (Phi) is 3.86. The van der Waals surface area contributed by atoms with Crippen LogP contribution in [0.3, 0.4) is 0 Å². The third-order valence-corrected chi connectivity index (χ3v) is 3.22. The van der Waals surface area contributed by atoms with Crippen molar-refractivity contribution in [1.82, 2.24) is 0 Å². The highest BCUT2D eigenvalue weighted by atomic mass is 35.5. The van der Waals surface area contributed by atoms with Crippen molar-refractivity contribution in [3.63, 3.8) is 0 Å². The van der Waals surface area contributed by atoms with E-state index in [1.807, 2.05) is 12.1 Å². The van der Waals surface area contributed by atoms with Gasteiger partial charge in [-0.25, -0.2) is 0 Å². The average Bonchev–Trinajstić information content (AvgIpc) is 2.84. The fourth-order valence-electron chi connectivity index (χ4n) is 2.25. The second-order valence-electron chi connectivity index (χ2n) is 4.34. The molecule has 0 spiro atoms. The van der Waals surface area contributed by atoms with E-state index in [0.29, 0.717) is 22.8 Å². The van der Waals surface area contributed by atoms with E-state index in [0.717, 1.165) is 5.56 Å². The summed E-state index contributed by atoms with van der Waals surface area (Å²) in [4.78, 5) is 11.7. The number of allylic oxidation sites excluding steroid dienone is 4. The van der Waals surface area contributed by atoms with Crippen LogP contribution in [-0.2, 0) is 9.53 Å². The summed E-state index contributed by atoms with van der Waals surface area (Å²) in [7, 11) is 1.57. The zero-order valence-corrected chi connectivity index (χ0v) is 11.6. The number of nitrogen functional groups attached to an aromatic ring is 1. The Bertz CT molecular complexity index is 647. The van der Waals surface area contributed by atoms with Gasteiger partial charge in [0, 0.05) is 5.56 Å². The standard InChI is InChI=1S/C15H13NO3.ClH/c1-18-13-7-2-4-9(15(13)16)14-8-10-11(17)5-3-6-12(10)19-14;/h2-8,14H,16H2,1H3;1H. The smallest absolute Gasteiger partial charge is 0.189 e. The number of rotatable bonds is 2. The van der Waals surface area contributed by atoms with Crippen LogP contribution in [0.15, 0.2) is 53.8 Å². The largest absolute Gasteiger partial charge is 0.495 e. The topological polar surface area (TPSA) is 61.5 Å². The van der Waals surface area contributed by atoms with Crippen LogP contribution >= 0.6 is 12.4 Å². The molecular formula is C15H14ClNO3. The first kappa shape index (κ1) is 14.2. The Labute approximate surface area is 123 Å². The van der Waals surface area contributed by atoms with Gasteiger partial charge in [-0.15, -0.1) is 12.4 Å². The Morgan fingerprint density at radius 2 is 2.15 bits per heavy atom. The molecule has 3 rings (SSSR count). The van der Waals surface area contributed by atoms with E-state index in [1.165, 1.54) is 6.08 Å². The first-order valence-corrected chi connectivity index (χ1v) is 5.94. The molecule has 104 valence electrons. The number of nitrogens with two attached hydrogens (primary N) is 1. The van der Waals surface area contributed by atoms with Gasteiger partial charge in [-0.05, 0) is 24.3 Å². The highest BCUT2D eigenvalue weighted by molar-refractivity contribution is 6.08. The van der Waals surface area contributed by atoms with Crippen molar-refractivity contribution in [2.24, 2.45) is 0 Å². The SMILES string of the molecule is COc1cccc(C2C=C3C(=O)C=CC=C3O2)c1N.Cl. The number of hydrogen-bond acceptors (Lipinski definition) is 4. The quantitative estimate of drug-likeness (QED) is 0.851. The molecule has 5 heteroatoms. The molecule has 0 fully saturated rings.